The third kappa shape index (κ3) is 3.69. The van der Waals surface area contributed by atoms with Crippen molar-refractivity contribution < 1.29 is 9.50 Å². The zero-order valence-electron chi connectivity index (χ0n) is 9.71. The molecule has 0 amide bonds. The van der Waals surface area contributed by atoms with E-state index in [1.807, 2.05) is 6.07 Å². The van der Waals surface area contributed by atoms with E-state index in [0.717, 1.165) is 10.0 Å². The molecule has 5 heteroatoms. The van der Waals surface area contributed by atoms with Crippen LogP contribution in [0.2, 0.25) is 10.0 Å². The molecule has 1 nitrogen and oxygen atoms in total. The van der Waals surface area contributed by atoms with Gasteiger partial charge < -0.3 is 5.11 Å². The summed E-state index contributed by atoms with van der Waals surface area (Å²) in [6.07, 6.45) is -0.721. The quantitative estimate of drug-likeness (QED) is 0.797. The first-order valence-electron chi connectivity index (χ1n) is 5.54. The van der Waals surface area contributed by atoms with Crippen LogP contribution < -0.4 is 0 Å². The van der Waals surface area contributed by atoms with E-state index in [1.54, 1.807) is 18.2 Å². The van der Waals surface area contributed by atoms with Crippen LogP contribution >= 0.6 is 39.1 Å². The zero-order valence-corrected chi connectivity index (χ0v) is 12.8. The predicted octanol–water partition coefficient (Wildman–Crippen LogP) is 5.17. The van der Waals surface area contributed by atoms with Crippen LogP contribution in [0.15, 0.2) is 40.9 Å². The van der Waals surface area contributed by atoms with E-state index in [1.165, 1.54) is 12.1 Å². The predicted molar refractivity (Wildman–Crippen MR) is 79.2 cm³/mol. The lowest BCUT2D eigenvalue weighted by Crippen LogP contribution is -2.04. The summed E-state index contributed by atoms with van der Waals surface area (Å²) in [5.41, 5.74) is 0.968. The molecule has 0 radical (unpaired) electrons. The fraction of sp³-hybridized carbons (Fsp3) is 0.143. The third-order valence-corrected chi connectivity index (χ3v) is 3.83. The van der Waals surface area contributed by atoms with Gasteiger partial charge in [-0.2, -0.15) is 0 Å². The van der Waals surface area contributed by atoms with E-state index >= 15 is 0 Å². The second-order valence-electron chi connectivity index (χ2n) is 4.12. The smallest absolute Gasteiger partial charge is 0.130 e. The first-order chi connectivity index (χ1) is 8.97. The minimum absolute atomic E-state index is 0.211. The molecule has 100 valence electrons. The maximum Gasteiger partial charge on any atom is 0.130 e. The second kappa shape index (κ2) is 6.23. The average molecular weight is 364 g/mol. The highest BCUT2D eigenvalue weighted by atomic mass is 79.9. The van der Waals surface area contributed by atoms with Crippen LogP contribution in [0.5, 0.6) is 0 Å². The maximum atomic E-state index is 13.7. The van der Waals surface area contributed by atoms with Crippen LogP contribution in [0.3, 0.4) is 0 Å². The molecule has 0 spiro atoms. The van der Waals surface area contributed by atoms with Gasteiger partial charge in [0.05, 0.1) is 6.10 Å². The van der Waals surface area contributed by atoms with Crippen molar-refractivity contribution in [2.24, 2.45) is 0 Å². The van der Waals surface area contributed by atoms with Gasteiger partial charge in [-0.05, 0) is 29.8 Å². The molecule has 0 aliphatic heterocycles. The van der Waals surface area contributed by atoms with E-state index < -0.39 is 11.9 Å². The molecule has 0 saturated heterocycles. The minimum atomic E-state index is -0.962. The topological polar surface area (TPSA) is 20.2 Å². The molecule has 1 N–H and O–H groups in total. The number of aliphatic hydroxyl groups excluding tert-OH is 1. The van der Waals surface area contributed by atoms with Gasteiger partial charge in [0.25, 0.3) is 0 Å². The van der Waals surface area contributed by atoms with Crippen LogP contribution in [-0.4, -0.2) is 5.11 Å². The average Bonchev–Trinajstić information content (AvgIpc) is 2.32. The van der Waals surface area contributed by atoms with E-state index in [0.29, 0.717) is 10.0 Å². The Morgan fingerprint density at radius 2 is 1.89 bits per heavy atom. The Balaban J connectivity index is 2.23. The van der Waals surface area contributed by atoms with Gasteiger partial charge in [-0.25, -0.2) is 4.39 Å². The molecular formula is C14H10BrCl2FO. The Kier molecular flexibility index (Phi) is 4.85. The van der Waals surface area contributed by atoms with E-state index in [-0.39, 0.29) is 12.0 Å². The van der Waals surface area contributed by atoms with Gasteiger partial charge in [0, 0.05) is 26.5 Å². The normalized spacial score (nSPS) is 12.5. The molecule has 1 atom stereocenters. The lowest BCUT2D eigenvalue weighted by atomic mass is 10.0. The van der Waals surface area contributed by atoms with Crippen LogP contribution in [0, 0.1) is 5.82 Å². The fourth-order valence-electron chi connectivity index (χ4n) is 1.78. The van der Waals surface area contributed by atoms with Gasteiger partial charge in [0.2, 0.25) is 0 Å². The second-order valence-corrected chi connectivity index (χ2v) is 5.88. The summed E-state index contributed by atoms with van der Waals surface area (Å²) in [5.74, 6) is -0.520. The molecule has 2 rings (SSSR count). The van der Waals surface area contributed by atoms with Crippen molar-refractivity contribution in [1.82, 2.24) is 0 Å². The van der Waals surface area contributed by atoms with Crippen LogP contribution in [0.25, 0.3) is 0 Å². The lowest BCUT2D eigenvalue weighted by molar-refractivity contribution is 0.173. The summed E-state index contributed by atoms with van der Waals surface area (Å²) in [6, 6.07) is 9.57. The van der Waals surface area contributed by atoms with Gasteiger partial charge in [-0.15, -0.1) is 0 Å². The number of hydrogen-bond donors (Lipinski definition) is 1. The van der Waals surface area contributed by atoms with E-state index in [9.17, 15) is 9.50 Å². The molecule has 0 aliphatic carbocycles. The van der Waals surface area contributed by atoms with Gasteiger partial charge in [0.15, 0.2) is 0 Å². The standard InChI is InChI=1S/C14H10BrCl2FO/c15-9-2-1-8(12(17)6-9)5-14(19)11-4-3-10(16)7-13(11)18/h1-4,6-7,14,19H,5H2. The largest absolute Gasteiger partial charge is 0.388 e. The first kappa shape index (κ1) is 14.8. The molecule has 0 aromatic heterocycles. The van der Waals surface area contributed by atoms with Crippen molar-refractivity contribution in [2.45, 2.75) is 12.5 Å². The zero-order chi connectivity index (χ0) is 14.0. The molecular weight excluding hydrogens is 354 g/mol. The van der Waals surface area contributed by atoms with Crippen LogP contribution in [-0.2, 0) is 6.42 Å². The van der Waals surface area contributed by atoms with Crippen molar-refractivity contribution >= 4 is 39.1 Å². The van der Waals surface area contributed by atoms with Crippen LogP contribution in [0.1, 0.15) is 17.2 Å². The van der Waals surface area contributed by atoms with Gasteiger partial charge in [0.1, 0.15) is 5.82 Å². The molecule has 0 aliphatic rings. The fourth-order valence-corrected chi connectivity index (χ4v) is 2.69. The minimum Gasteiger partial charge on any atom is -0.388 e. The van der Waals surface area contributed by atoms with Crippen molar-refractivity contribution in [1.29, 1.82) is 0 Å². The molecule has 19 heavy (non-hydrogen) atoms. The highest BCUT2D eigenvalue weighted by Gasteiger charge is 2.15. The Bertz CT molecular complexity index is 604. The van der Waals surface area contributed by atoms with Gasteiger partial charge in [-0.1, -0.05) is 51.3 Å². The first-order valence-corrected chi connectivity index (χ1v) is 7.09. The molecule has 0 fully saturated rings. The van der Waals surface area contributed by atoms with Gasteiger partial charge >= 0.3 is 0 Å². The monoisotopic (exact) mass is 362 g/mol. The highest BCUT2D eigenvalue weighted by molar-refractivity contribution is 9.10. The van der Waals surface area contributed by atoms with Crippen molar-refractivity contribution in [3.63, 3.8) is 0 Å². The number of aliphatic hydroxyl groups is 1. The summed E-state index contributed by atoms with van der Waals surface area (Å²) in [5, 5.41) is 10.9. The molecule has 2 aromatic rings. The Labute approximate surface area is 129 Å². The number of benzene rings is 2. The number of hydrogen-bond acceptors (Lipinski definition) is 1. The SMILES string of the molecule is OC(Cc1ccc(Br)cc1Cl)c1ccc(Cl)cc1F. The van der Waals surface area contributed by atoms with E-state index in [2.05, 4.69) is 15.9 Å². The summed E-state index contributed by atoms with van der Waals surface area (Å²) in [7, 11) is 0. The third-order valence-electron chi connectivity index (χ3n) is 2.75. The van der Waals surface area contributed by atoms with Gasteiger partial charge in [-0.3, -0.25) is 0 Å². The van der Waals surface area contributed by atoms with Crippen molar-refractivity contribution in [3.8, 4) is 0 Å². The van der Waals surface area contributed by atoms with Crippen LogP contribution in [0.4, 0.5) is 4.39 Å². The van der Waals surface area contributed by atoms with Crippen molar-refractivity contribution in [2.75, 3.05) is 0 Å². The molecule has 0 saturated carbocycles. The van der Waals surface area contributed by atoms with Crippen molar-refractivity contribution in [3.05, 3.63) is 67.9 Å². The summed E-state index contributed by atoms with van der Waals surface area (Å²) < 4.78 is 14.5. The molecule has 0 heterocycles. The van der Waals surface area contributed by atoms with E-state index in [4.69, 9.17) is 23.2 Å². The highest BCUT2D eigenvalue weighted by Crippen LogP contribution is 2.28. The molecule has 0 bridgehead atoms. The lowest BCUT2D eigenvalue weighted by Gasteiger charge is -2.13. The summed E-state index contributed by atoms with van der Waals surface area (Å²) in [6.45, 7) is 0. The Hall–Kier alpha value is -0.610. The molecule has 2 aromatic carbocycles. The number of halogens is 4. The Morgan fingerprint density at radius 1 is 1.16 bits per heavy atom. The summed E-state index contributed by atoms with van der Waals surface area (Å²) >= 11 is 15.1. The molecule has 1 unspecified atom stereocenters. The maximum absolute atomic E-state index is 13.7. The number of rotatable bonds is 3. The Morgan fingerprint density at radius 3 is 2.53 bits per heavy atom. The summed E-state index contributed by atoms with van der Waals surface area (Å²) in [4.78, 5) is 0.